The van der Waals surface area contributed by atoms with Gasteiger partial charge >= 0.3 is 5.97 Å². The molecule has 1 aliphatic rings. The Kier molecular flexibility index (Phi) is 5.37. The Morgan fingerprint density at radius 3 is 2.81 bits per heavy atom. The summed E-state index contributed by atoms with van der Waals surface area (Å²) >= 11 is 3.11. The predicted octanol–water partition coefficient (Wildman–Crippen LogP) is 1.85. The number of rotatable bonds is 5. The zero-order valence-corrected chi connectivity index (χ0v) is 13.6. The Hall–Kier alpha value is -0.960. The van der Waals surface area contributed by atoms with Gasteiger partial charge in [-0.25, -0.2) is 17.9 Å². The lowest BCUT2D eigenvalue weighted by molar-refractivity contribution is 0.0568. The van der Waals surface area contributed by atoms with Gasteiger partial charge in [-0.05, 0) is 52.9 Å². The van der Waals surface area contributed by atoms with Crippen LogP contribution in [-0.2, 0) is 14.8 Å². The van der Waals surface area contributed by atoms with Crippen LogP contribution < -0.4 is 4.72 Å². The Balaban J connectivity index is 2.10. The van der Waals surface area contributed by atoms with Crippen LogP contribution in [0.4, 0.5) is 0 Å². The maximum Gasteiger partial charge on any atom is 0.335 e. The molecule has 0 spiro atoms. The first-order valence-electron chi connectivity index (χ1n) is 6.50. The molecule has 1 saturated heterocycles. The summed E-state index contributed by atoms with van der Waals surface area (Å²) in [5.74, 6) is -0.933. The van der Waals surface area contributed by atoms with Gasteiger partial charge in [0, 0.05) is 17.6 Å². The maximum atomic E-state index is 12.2. The van der Waals surface area contributed by atoms with Gasteiger partial charge in [0.05, 0.1) is 17.1 Å². The molecule has 1 heterocycles. The van der Waals surface area contributed by atoms with Gasteiger partial charge < -0.3 is 9.84 Å². The molecule has 0 aliphatic carbocycles. The van der Waals surface area contributed by atoms with Crippen LogP contribution >= 0.6 is 15.9 Å². The van der Waals surface area contributed by atoms with Gasteiger partial charge in [-0.2, -0.15) is 0 Å². The standard InChI is InChI=1S/C13H16BrNO5S/c14-11-6-10(13(16)17)3-4-12(11)21(18,19)15-7-9-2-1-5-20-8-9/h3-4,6,9,15H,1-2,5,7-8H2,(H,16,17). The largest absolute Gasteiger partial charge is 0.478 e. The number of benzene rings is 1. The number of hydrogen-bond acceptors (Lipinski definition) is 4. The first-order valence-corrected chi connectivity index (χ1v) is 8.78. The van der Waals surface area contributed by atoms with E-state index in [4.69, 9.17) is 9.84 Å². The highest BCUT2D eigenvalue weighted by molar-refractivity contribution is 9.10. The van der Waals surface area contributed by atoms with E-state index in [1.54, 1.807) is 0 Å². The second-order valence-corrected chi connectivity index (χ2v) is 7.48. The minimum Gasteiger partial charge on any atom is -0.478 e. The monoisotopic (exact) mass is 377 g/mol. The van der Waals surface area contributed by atoms with Gasteiger partial charge in [-0.3, -0.25) is 0 Å². The number of sulfonamides is 1. The molecule has 8 heteroatoms. The van der Waals surface area contributed by atoms with Gasteiger partial charge in [-0.1, -0.05) is 0 Å². The van der Waals surface area contributed by atoms with Crippen molar-refractivity contribution in [1.29, 1.82) is 0 Å². The van der Waals surface area contributed by atoms with Gasteiger partial charge in [0.25, 0.3) is 0 Å². The first-order chi connectivity index (χ1) is 9.90. The van der Waals surface area contributed by atoms with Crippen molar-refractivity contribution in [2.45, 2.75) is 17.7 Å². The summed E-state index contributed by atoms with van der Waals surface area (Å²) in [6, 6.07) is 3.83. The molecule has 116 valence electrons. The van der Waals surface area contributed by atoms with Crippen molar-refractivity contribution in [2.24, 2.45) is 5.92 Å². The van der Waals surface area contributed by atoms with Crippen molar-refractivity contribution in [3.63, 3.8) is 0 Å². The lowest BCUT2D eigenvalue weighted by Crippen LogP contribution is -2.33. The van der Waals surface area contributed by atoms with Crippen LogP contribution in [0.5, 0.6) is 0 Å². The Bertz CT molecular complexity index is 625. The van der Waals surface area contributed by atoms with E-state index in [0.29, 0.717) is 13.2 Å². The Morgan fingerprint density at radius 1 is 1.48 bits per heavy atom. The van der Waals surface area contributed by atoms with E-state index in [-0.39, 0.29) is 20.8 Å². The molecule has 1 aromatic carbocycles. The van der Waals surface area contributed by atoms with Crippen LogP contribution in [0.15, 0.2) is 27.6 Å². The van der Waals surface area contributed by atoms with Crippen molar-refractivity contribution < 1.29 is 23.1 Å². The Labute approximate surface area is 131 Å². The molecule has 6 nitrogen and oxygen atoms in total. The quantitative estimate of drug-likeness (QED) is 0.816. The topological polar surface area (TPSA) is 92.7 Å². The zero-order valence-electron chi connectivity index (χ0n) is 11.2. The van der Waals surface area contributed by atoms with E-state index in [0.717, 1.165) is 19.4 Å². The van der Waals surface area contributed by atoms with Crippen molar-refractivity contribution in [2.75, 3.05) is 19.8 Å². The van der Waals surface area contributed by atoms with Crippen LogP contribution in [0, 0.1) is 5.92 Å². The Morgan fingerprint density at radius 2 is 2.24 bits per heavy atom. The fraction of sp³-hybridized carbons (Fsp3) is 0.462. The molecule has 0 amide bonds. The molecule has 0 saturated carbocycles. The number of aromatic carboxylic acids is 1. The number of carbonyl (C=O) groups is 1. The summed E-state index contributed by atoms with van der Waals surface area (Å²) < 4.78 is 32.6. The van der Waals surface area contributed by atoms with E-state index < -0.39 is 16.0 Å². The number of hydrogen-bond donors (Lipinski definition) is 2. The van der Waals surface area contributed by atoms with Gasteiger partial charge in [-0.15, -0.1) is 0 Å². The van der Waals surface area contributed by atoms with Gasteiger partial charge in [0.1, 0.15) is 0 Å². The average Bonchev–Trinajstić information content (AvgIpc) is 2.46. The highest BCUT2D eigenvalue weighted by Gasteiger charge is 2.21. The first kappa shape index (κ1) is 16.4. The molecule has 2 N–H and O–H groups in total. The molecule has 0 radical (unpaired) electrons. The van der Waals surface area contributed by atoms with Crippen LogP contribution in [-0.4, -0.2) is 39.3 Å². The minimum absolute atomic E-state index is 0.0292. The van der Waals surface area contributed by atoms with Gasteiger partial charge in [0.2, 0.25) is 10.0 Å². The molecule has 2 rings (SSSR count). The van der Waals surface area contributed by atoms with E-state index in [1.165, 1.54) is 18.2 Å². The van der Waals surface area contributed by atoms with E-state index in [2.05, 4.69) is 20.7 Å². The number of carboxylic acids is 1. The van der Waals surface area contributed by atoms with Crippen LogP contribution in [0.2, 0.25) is 0 Å². The van der Waals surface area contributed by atoms with Crippen LogP contribution in [0.3, 0.4) is 0 Å². The number of halogens is 1. The third-order valence-corrected chi connectivity index (χ3v) is 5.69. The molecule has 1 unspecified atom stereocenters. The van der Waals surface area contributed by atoms with Crippen molar-refractivity contribution in [3.05, 3.63) is 28.2 Å². The molecule has 0 aromatic heterocycles. The van der Waals surface area contributed by atoms with E-state index in [1.807, 2.05) is 0 Å². The molecule has 1 aliphatic heterocycles. The zero-order chi connectivity index (χ0) is 15.5. The second kappa shape index (κ2) is 6.87. The number of ether oxygens (including phenoxy) is 1. The molecular formula is C13H16BrNO5S. The third-order valence-electron chi connectivity index (χ3n) is 3.28. The minimum atomic E-state index is -3.68. The van der Waals surface area contributed by atoms with Gasteiger partial charge in [0.15, 0.2) is 0 Å². The highest BCUT2D eigenvalue weighted by Crippen LogP contribution is 2.23. The average molecular weight is 378 g/mol. The second-order valence-electron chi connectivity index (χ2n) is 4.89. The fourth-order valence-corrected chi connectivity index (χ4v) is 4.32. The van der Waals surface area contributed by atoms with E-state index >= 15 is 0 Å². The van der Waals surface area contributed by atoms with Crippen molar-refractivity contribution in [1.82, 2.24) is 4.72 Å². The summed E-state index contributed by atoms with van der Waals surface area (Å²) in [6.45, 7) is 1.60. The summed E-state index contributed by atoms with van der Waals surface area (Å²) in [6.07, 6.45) is 1.87. The molecule has 1 atom stereocenters. The molecular weight excluding hydrogens is 362 g/mol. The van der Waals surface area contributed by atoms with Crippen molar-refractivity contribution in [3.8, 4) is 0 Å². The normalized spacial score (nSPS) is 19.4. The lowest BCUT2D eigenvalue weighted by Gasteiger charge is -2.22. The molecule has 21 heavy (non-hydrogen) atoms. The third kappa shape index (κ3) is 4.26. The van der Waals surface area contributed by atoms with Crippen LogP contribution in [0.25, 0.3) is 0 Å². The van der Waals surface area contributed by atoms with Crippen LogP contribution in [0.1, 0.15) is 23.2 Å². The molecule has 1 aromatic rings. The smallest absolute Gasteiger partial charge is 0.335 e. The summed E-state index contributed by atoms with van der Waals surface area (Å²) in [5, 5.41) is 8.88. The summed E-state index contributed by atoms with van der Waals surface area (Å²) in [4.78, 5) is 10.9. The lowest BCUT2D eigenvalue weighted by atomic mass is 10.0. The van der Waals surface area contributed by atoms with E-state index in [9.17, 15) is 13.2 Å². The summed E-state index contributed by atoms with van der Waals surface area (Å²) in [7, 11) is -3.68. The predicted molar refractivity (Wildman–Crippen MR) is 79.8 cm³/mol. The highest BCUT2D eigenvalue weighted by atomic mass is 79.9. The number of nitrogens with one attached hydrogen (secondary N) is 1. The SMILES string of the molecule is O=C(O)c1ccc(S(=O)(=O)NCC2CCCOC2)c(Br)c1. The molecule has 0 bridgehead atoms. The summed E-state index contributed by atoms with van der Waals surface area (Å²) in [5.41, 5.74) is 0.0292. The van der Waals surface area contributed by atoms with Crippen molar-refractivity contribution >= 4 is 31.9 Å². The fourth-order valence-electron chi connectivity index (χ4n) is 2.13. The number of carboxylic acid groups (broad SMARTS) is 1. The molecule has 1 fully saturated rings. The maximum absolute atomic E-state index is 12.2.